The molecule has 0 fully saturated rings. The fourth-order valence-corrected chi connectivity index (χ4v) is 2.30. The molecule has 60 valence electrons. The molecule has 0 aliphatic rings. The summed E-state index contributed by atoms with van der Waals surface area (Å²) in [6.07, 6.45) is 0. The van der Waals surface area contributed by atoms with Crippen LogP contribution in [0.15, 0.2) is 24.3 Å². The topological polar surface area (TPSA) is 9.23 Å². The molecular weight excluding hydrogens is 199 g/mol. The molecule has 0 amide bonds. The number of hydrogen-bond acceptors (Lipinski definition) is 1. The number of rotatable bonds is 3. The Morgan fingerprint density at radius 1 is 1.45 bits per heavy atom. The van der Waals surface area contributed by atoms with Gasteiger partial charge in [0.1, 0.15) is 0 Å². The maximum atomic E-state index is 5.12. The van der Waals surface area contributed by atoms with Crippen LogP contribution >= 0.6 is 0 Å². The van der Waals surface area contributed by atoms with Crippen LogP contribution in [-0.2, 0) is 5.21 Å². The molecule has 1 aromatic carbocycles. The van der Waals surface area contributed by atoms with E-state index in [9.17, 15) is 0 Å². The van der Waals surface area contributed by atoms with E-state index in [0.29, 0.717) is 0 Å². The monoisotopic (exact) mass is 212 g/mol. The number of benzene rings is 1. The molecule has 0 heterocycles. The van der Waals surface area contributed by atoms with E-state index < -0.39 is 0 Å². The third-order valence-electron chi connectivity index (χ3n) is 1.52. The van der Waals surface area contributed by atoms with Gasteiger partial charge in [0.05, 0.1) is 0 Å². The van der Waals surface area contributed by atoms with Gasteiger partial charge < -0.3 is 0 Å². The Hall–Kier alpha value is -0.422. The van der Waals surface area contributed by atoms with Gasteiger partial charge in [-0.2, -0.15) is 0 Å². The summed E-state index contributed by atoms with van der Waals surface area (Å²) in [5.74, 6) is 0.975. The summed E-state index contributed by atoms with van der Waals surface area (Å²) in [5, 5.41) is 1.26. The first kappa shape index (κ1) is 8.67. The van der Waals surface area contributed by atoms with E-state index in [2.05, 4.69) is 23.9 Å². The van der Waals surface area contributed by atoms with Crippen molar-refractivity contribution in [3.8, 4) is 5.75 Å². The SMILES string of the molecule is COc1cccc(C[AsH]C)c1. The molecule has 1 atom stereocenters. The minimum absolute atomic E-state index is 0.242. The van der Waals surface area contributed by atoms with Gasteiger partial charge in [-0.05, 0) is 0 Å². The molecule has 1 rings (SSSR count). The molecule has 0 aliphatic heterocycles. The second-order valence-electron chi connectivity index (χ2n) is 2.38. The molecule has 0 spiro atoms. The van der Waals surface area contributed by atoms with Crippen molar-refractivity contribution in [3.63, 3.8) is 0 Å². The molecule has 2 heteroatoms. The summed E-state index contributed by atoms with van der Waals surface area (Å²) in [7, 11) is 1.71. The van der Waals surface area contributed by atoms with Crippen LogP contribution in [0.1, 0.15) is 5.56 Å². The van der Waals surface area contributed by atoms with Crippen LogP contribution in [0.25, 0.3) is 0 Å². The second-order valence-corrected chi connectivity index (χ2v) is 4.61. The Bertz CT molecular complexity index is 223. The van der Waals surface area contributed by atoms with Crippen molar-refractivity contribution >= 4 is 15.8 Å². The van der Waals surface area contributed by atoms with Gasteiger partial charge in [-0.15, -0.1) is 0 Å². The molecule has 0 bridgehead atoms. The van der Waals surface area contributed by atoms with Gasteiger partial charge in [-0.3, -0.25) is 0 Å². The zero-order chi connectivity index (χ0) is 8.10. The number of ether oxygens (including phenoxy) is 1. The van der Waals surface area contributed by atoms with Gasteiger partial charge in [0.2, 0.25) is 0 Å². The molecule has 1 unspecified atom stereocenters. The molecule has 0 saturated carbocycles. The van der Waals surface area contributed by atoms with Gasteiger partial charge in [-0.25, -0.2) is 0 Å². The summed E-state index contributed by atoms with van der Waals surface area (Å²) in [6.45, 7) is 0. The van der Waals surface area contributed by atoms with Crippen molar-refractivity contribution in [2.24, 2.45) is 0 Å². The second kappa shape index (κ2) is 4.46. The van der Waals surface area contributed by atoms with Crippen LogP contribution in [0.2, 0.25) is 5.71 Å². The molecular formula is C9H13AsO. The van der Waals surface area contributed by atoms with E-state index in [1.54, 1.807) is 7.11 Å². The Labute approximate surface area is 74.5 Å². The van der Waals surface area contributed by atoms with Gasteiger partial charge in [0, 0.05) is 0 Å². The molecule has 0 aliphatic carbocycles. The fourth-order valence-electron chi connectivity index (χ4n) is 0.987. The van der Waals surface area contributed by atoms with Gasteiger partial charge in [-0.1, -0.05) is 0 Å². The van der Waals surface area contributed by atoms with Gasteiger partial charge in [0.15, 0.2) is 0 Å². The minimum atomic E-state index is 0.242. The van der Waals surface area contributed by atoms with Crippen molar-refractivity contribution in [3.05, 3.63) is 29.8 Å². The summed E-state index contributed by atoms with van der Waals surface area (Å²) in [6, 6.07) is 8.32. The van der Waals surface area contributed by atoms with Crippen LogP contribution < -0.4 is 4.74 Å². The van der Waals surface area contributed by atoms with Crippen LogP contribution in [0, 0.1) is 0 Å². The van der Waals surface area contributed by atoms with E-state index in [0.717, 1.165) is 5.75 Å². The summed E-state index contributed by atoms with van der Waals surface area (Å²) < 4.78 is 5.12. The zero-order valence-corrected chi connectivity index (χ0v) is 9.02. The summed E-state index contributed by atoms with van der Waals surface area (Å²) >= 11 is 0.242. The molecule has 0 N–H and O–H groups in total. The average molecular weight is 212 g/mol. The standard InChI is InChI=1S/C9H13AsO/c1-10-7-8-4-3-5-9(6-8)11-2/h3-6,10H,7H2,1-2H3. The van der Waals surface area contributed by atoms with Crippen LogP contribution in [0.4, 0.5) is 0 Å². The normalized spacial score (nSPS) is 10.7. The fraction of sp³-hybridized carbons (Fsp3) is 0.333. The first-order chi connectivity index (χ1) is 5.36. The van der Waals surface area contributed by atoms with E-state index >= 15 is 0 Å². The van der Waals surface area contributed by atoms with Crippen LogP contribution in [0.3, 0.4) is 0 Å². The number of hydrogen-bond donors (Lipinski definition) is 0. The molecule has 0 aromatic heterocycles. The van der Waals surface area contributed by atoms with Crippen molar-refractivity contribution in [2.45, 2.75) is 10.9 Å². The summed E-state index contributed by atoms with van der Waals surface area (Å²) in [4.78, 5) is 0. The predicted molar refractivity (Wildman–Crippen MR) is 49.7 cm³/mol. The molecule has 11 heavy (non-hydrogen) atoms. The Morgan fingerprint density at radius 2 is 2.27 bits per heavy atom. The van der Waals surface area contributed by atoms with E-state index in [1.807, 2.05) is 6.07 Å². The van der Waals surface area contributed by atoms with Gasteiger partial charge in [0.25, 0.3) is 0 Å². The first-order valence-electron chi connectivity index (χ1n) is 3.64. The van der Waals surface area contributed by atoms with E-state index in [-0.39, 0.29) is 15.8 Å². The van der Waals surface area contributed by atoms with Crippen LogP contribution in [0.5, 0.6) is 5.75 Å². The molecule has 0 saturated heterocycles. The molecule has 1 aromatic rings. The van der Waals surface area contributed by atoms with E-state index in [4.69, 9.17) is 4.74 Å². The van der Waals surface area contributed by atoms with E-state index in [1.165, 1.54) is 10.8 Å². The first-order valence-corrected chi connectivity index (χ1v) is 7.22. The Morgan fingerprint density at radius 3 is 2.91 bits per heavy atom. The Balaban J connectivity index is 2.74. The van der Waals surface area contributed by atoms with Crippen molar-refractivity contribution in [1.82, 2.24) is 0 Å². The van der Waals surface area contributed by atoms with Crippen molar-refractivity contribution in [1.29, 1.82) is 0 Å². The van der Waals surface area contributed by atoms with Crippen molar-refractivity contribution in [2.75, 3.05) is 7.11 Å². The van der Waals surface area contributed by atoms with Crippen LogP contribution in [-0.4, -0.2) is 22.9 Å². The molecule has 1 nitrogen and oxygen atoms in total. The third kappa shape index (κ3) is 2.59. The Kier molecular flexibility index (Phi) is 3.51. The maximum absolute atomic E-state index is 5.12. The van der Waals surface area contributed by atoms with Crippen molar-refractivity contribution < 1.29 is 4.74 Å². The van der Waals surface area contributed by atoms with Gasteiger partial charge >= 0.3 is 74.1 Å². The number of methoxy groups -OCH3 is 1. The third-order valence-corrected chi connectivity index (χ3v) is 3.11. The predicted octanol–water partition coefficient (Wildman–Crippen LogP) is 1.68. The average Bonchev–Trinajstić information content (AvgIpc) is 2.06. The molecule has 0 radical (unpaired) electrons. The summed E-state index contributed by atoms with van der Waals surface area (Å²) in [5.41, 5.74) is 3.71. The quantitative estimate of drug-likeness (QED) is 0.692. The zero-order valence-electron chi connectivity index (χ0n) is 6.92.